The standard InChI is InChI=1S/C21H23F3N6/c22-21(23,24)20-25-16-9-4-3-8-15(16)19(26-20)29-11-6-7-14(13-29)18-28-27-17-10-2-1-5-12-30(17)18/h3-4,8-9,14H,1-2,5-7,10-13H2. The van der Waals surface area contributed by atoms with Crippen molar-refractivity contribution >= 4 is 16.7 Å². The van der Waals surface area contributed by atoms with Crippen LogP contribution >= 0.6 is 0 Å². The molecule has 0 amide bonds. The van der Waals surface area contributed by atoms with Crippen LogP contribution in [-0.2, 0) is 19.1 Å². The highest BCUT2D eigenvalue weighted by Gasteiger charge is 2.37. The molecule has 0 N–H and O–H groups in total. The molecule has 5 rings (SSSR count). The average molecular weight is 416 g/mol. The van der Waals surface area contributed by atoms with Crippen LogP contribution in [0.15, 0.2) is 24.3 Å². The van der Waals surface area contributed by atoms with Gasteiger partial charge in [-0.2, -0.15) is 13.2 Å². The van der Waals surface area contributed by atoms with Gasteiger partial charge in [0.25, 0.3) is 0 Å². The number of benzene rings is 1. The SMILES string of the molecule is FC(F)(F)c1nc(N2CCCC(c3nnc4n3CCCCC4)C2)c2ccccc2n1. The van der Waals surface area contributed by atoms with Gasteiger partial charge in [-0.3, -0.25) is 0 Å². The number of halogens is 3. The van der Waals surface area contributed by atoms with Gasteiger partial charge < -0.3 is 9.47 Å². The maximum absolute atomic E-state index is 13.4. The van der Waals surface area contributed by atoms with Crippen LogP contribution in [0.1, 0.15) is 55.5 Å². The maximum atomic E-state index is 13.4. The van der Waals surface area contributed by atoms with Gasteiger partial charge in [0.05, 0.1) is 5.52 Å². The monoisotopic (exact) mass is 416 g/mol. The molecular weight excluding hydrogens is 393 g/mol. The van der Waals surface area contributed by atoms with E-state index in [1.165, 1.54) is 6.42 Å². The largest absolute Gasteiger partial charge is 0.451 e. The van der Waals surface area contributed by atoms with E-state index in [0.717, 1.165) is 50.3 Å². The molecule has 0 bridgehead atoms. The lowest BCUT2D eigenvalue weighted by Crippen LogP contribution is -2.36. The molecule has 3 aromatic rings. The predicted octanol–water partition coefficient (Wildman–Crippen LogP) is 4.35. The number of hydrogen-bond acceptors (Lipinski definition) is 5. The van der Waals surface area contributed by atoms with Gasteiger partial charge in [0.15, 0.2) is 0 Å². The van der Waals surface area contributed by atoms with E-state index in [-0.39, 0.29) is 5.92 Å². The maximum Gasteiger partial charge on any atom is 0.451 e. The molecule has 1 fully saturated rings. The third kappa shape index (κ3) is 3.50. The minimum absolute atomic E-state index is 0.126. The van der Waals surface area contributed by atoms with E-state index in [1.807, 2.05) is 11.0 Å². The Balaban J connectivity index is 1.51. The Labute approximate surface area is 172 Å². The van der Waals surface area contributed by atoms with Crippen molar-refractivity contribution in [3.63, 3.8) is 0 Å². The van der Waals surface area contributed by atoms with Gasteiger partial charge in [-0.15, -0.1) is 10.2 Å². The Kier molecular flexibility index (Phi) is 4.83. The second-order valence-electron chi connectivity index (χ2n) is 8.11. The zero-order valence-corrected chi connectivity index (χ0v) is 16.6. The summed E-state index contributed by atoms with van der Waals surface area (Å²) in [4.78, 5) is 9.67. The fourth-order valence-electron chi connectivity index (χ4n) is 4.62. The summed E-state index contributed by atoms with van der Waals surface area (Å²) in [6.45, 7) is 2.16. The fraction of sp³-hybridized carbons (Fsp3) is 0.524. The van der Waals surface area contributed by atoms with Crippen molar-refractivity contribution in [3.8, 4) is 0 Å². The van der Waals surface area contributed by atoms with Crippen molar-refractivity contribution in [2.45, 2.75) is 57.2 Å². The van der Waals surface area contributed by atoms with E-state index in [0.29, 0.717) is 29.8 Å². The molecule has 4 heterocycles. The first-order valence-corrected chi connectivity index (χ1v) is 10.5. The van der Waals surface area contributed by atoms with Crippen molar-refractivity contribution in [1.82, 2.24) is 24.7 Å². The van der Waals surface area contributed by atoms with Gasteiger partial charge in [-0.05, 0) is 37.8 Å². The van der Waals surface area contributed by atoms with Gasteiger partial charge >= 0.3 is 6.18 Å². The van der Waals surface area contributed by atoms with Crippen molar-refractivity contribution < 1.29 is 13.2 Å². The highest BCUT2D eigenvalue weighted by molar-refractivity contribution is 5.89. The topological polar surface area (TPSA) is 59.7 Å². The van der Waals surface area contributed by atoms with Crippen molar-refractivity contribution in [2.75, 3.05) is 18.0 Å². The van der Waals surface area contributed by atoms with Crippen LogP contribution in [0.3, 0.4) is 0 Å². The predicted molar refractivity (Wildman–Crippen MR) is 106 cm³/mol. The van der Waals surface area contributed by atoms with Gasteiger partial charge in [-0.25, -0.2) is 9.97 Å². The molecular formula is C21H23F3N6. The molecule has 2 aliphatic rings. The zero-order valence-electron chi connectivity index (χ0n) is 16.6. The molecule has 1 atom stereocenters. The lowest BCUT2D eigenvalue weighted by molar-refractivity contribution is -0.144. The summed E-state index contributed by atoms with van der Waals surface area (Å²) in [5.74, 6) is 1.39. The van der Waals surface area contributed by atoms with Crippen molar-refractivity contribution in [2.24, 2.45) is 0 Å². The Hall–Kier alpha value is -2.71. The van der Waals surface area contributed by atoms with Crippen LogP contribution in [0.2, 0.25) is 0 Å². The minimum atomic E-state index is -4.59. The number of hydrogen-bond donors (Lipinski definition) is 0. The molecule has 6 nitrogen and oxygen atoms in total. The third-order valence-electron chi connectivity index (χ3n) is 6.06. The van der Waals surface area contributed by atoms with E-state index in [2.05, 4.69) is 24.7 Å². The minimum Gasteiger partial charge on any atom is -0.355 e. The van der Waals surface area contributed by atoms with Crippen LogP contribution in [0, 0.1) is 0 Å². The second-order valence-corrected chi connectivity index (χ2v) is 8.11. The summed E-state index contributed by atoms with van der Waals surface area (Å²) >= 11 is 0. The van der Waals surface area contributed by atoms with Crippen molar-refractivity contribution in [1.29, 1.82) is 0 Å². The highest BCUT2D eigenvalue weighted by atomic mass is 19.4. The summed E-state index contributed by atoms with van der Waals surface area (Å²) in [5, 5.41) is 9.53. The molecule has 2 aromatic heterocycles. The van der Waals surface area contributed by atoms with E-state index in [4.69, 9.17) is 0 Å². The quantitative estimate of drug-likeness (QED) is 0.622. The third-order valence-corrected chi connectivity index (χ3v) is 6.06. The summed E-state index contributed by atoms with van der Waals surface area (Å²) < 4.78 is 42.5. The number of para-hydroxylation sites is 1. The van der Waals surface area contributed by atoms with Crippen LogP contribution in [0.5, 0.6) is 0 Å². The van der Waals surface area contributed by atoms with Crippen LogP contribution in [0.4, 0.5) is 19.0 Å². The van der Waals surface area contributed by atoms with E-state index < -0.39 is 12.0 Å². The Morgan fingerprint density at radius 1 is 0.933 bits per heavy atom. The van der Waals surface area contributed by atoms with E-state index in [9.17, 15) is 13.2 Å². The number of aryl methyl sites for hydroxylation is 1. The zero-order chi connectivity index (χ0) is 20.7. The molecule has 1 saturated heterocycles. The molecule has 0 aliphatic carbocycles. The Bertz CT molecular complexity index is 1060. The van der Waals surface area contributed by atoms with Gasteiger partial charge in [0, 0.05) is 37.4 Å². The lowest BCUT2D eigenvalue weighted by Gasteiger charge is -2.34. The second kappa shape index (κ2) is 7.52. The van der Waals surface area contributed by atoms with Crippen LogP contribution in [-0.4, -0.2) is 37.8 Å². The first kappa shape index (κ1) is 19.3. The Morgan fingerprint density at radius 2 is 1.80 bits per heavy atom. The normalized spacial score (nSPS) is 20.2. The number of aromatic nitrogens is 5. The molecule has 1 unspecified atom stereocenters. The summed E-state index contributed by atoms with van der Waals surface area (Å²) in [7, 11) is 0. The molecule has 158 valence electrons. The van der Waals surface area contributed by atoms with E-state index in [1.54, 1.807) is 18.2 Å². The fourth-order valence-corrected chi connectivity index (χ4v) is 4.62. The molecule has 0 radical (unpaired) electrons. The smallest absolute Gasteiger partial charge is 0.355 e. The first-order chi connectivity index (χ1) is 14.5. The molecule has 0 spiro atoms. The molecule has 9 heteroatoms. The van der Waals surface area contributed by atoms with E-state index >= 15 is 0 Å². The molecule has 0 saturated carbocycles. The van der Waals surface area contributed by atoms with Gasteiger partial charge in [-0.1, -0.05) is 18.6 Å². The average Bonchev–Trinajstić information content (AvgIpc) is 3.00. The molecule has 2 aliphatic heterocycles. The first-order valence-electron chi connectivity index (χ1n) is 10.5. The number of alkyl halides is 3. The van der Waals surface area contributed by atoms with Crippen LogP contribution in [0.25, 0.3) is 10.9 Å². The highest BCUT2D eigenvalue weighted by Crippen LogP contribution is 2.35. The van der Waals surface area contributed by atoms with Crippen LogP contribution < -0.4 is 4.90 Å². The Morgan fingerprint density at radius 3 is 2.67 bits per heavy atom. The van der Waals surface area contributed by atoms with Crippen molar-refractivity contribution in [3.05, 3.63) is 41.7 Å². The number of piperidine rings is 1. The molecule has 1 aromatic carbocycles. The number of rotatable bonds is 2. The number of anilines is 1. The molecule has 30 heavy (non-hydrogen) atoms. The lowest BCUT2D eigenvalue weighted by atomic mass is 9.96. The number of nitrogens with zero attached hydrogens (tertiary/aromatic N) is 6. The van der Waals surface area contributed by atoms with Gasteiger partial charge in [0.2, 0.25) is 5.82 Å². The summed E-state index contributed by atoms with van der Waals surface area (Å²) in [6.07, 6.45) is 1.60. The summed E-state index contributed by atoms with van der Waals surface area (Å²) in [6, 6.07) is 6.90. The van der Waals surface area contributed by atoms with Gasteiger partial charge in [0.1, 0.15) is 17.5 Å². The number of fused-ring (bicyclic) bond motifs is 2. The summed E-state index contributed by atoms with van der Waals surface area (Å²) in [5.41, 5.74) is 0.313.